The van der Waals surface area contributed by atoms with Crippen molar-refractivity contribution in [2.24, 2.45) is 0 Å². The Bertz CT molecular complexity index is 606. The molecule has 1 fully saturated rings. The molecule has 1 amide bonds. The highest BCUT2D eigenvalue weighted by atomic mass is 16.2. The van der Waals surface area contributed by atoms with E-state index in [1.807, 2.05) is 31.3 Å². The minimum atomic E-state index is 0.0184. The smallest absolute Gasteiger partial charge is 0.241 e. The number of anilines is 1. The van der Waals surface area contributed by atoms with Gasteiger partial charge in [0.1, 0.15) is 6.54 Å². The Hall–Kier alpha value is -2.37. The molecule has 0 saturated heterocycles. The Labute approximate surface area is 123 Å². The van der Waals surface area contributed by atoms with Crippen molar-refractivity contribution in [2.75, 3.05) is 5.32 Å². The number of rotatable bonds is 6. The molecule has 1 unspecified atom stereocenters. The Morgan fingerprint density at radius 2 is 2.33 bits per heavy atom. The van der Waals surface area contributed by atoms with Gasteiger partial charge >= 0.3 is 0 Å². The maximum absolute atomic E-state index is 11.7. The highest BCUT2D eigenvalue weighted by Gasteiger charge is 2.23. The van der Waals surface area contributed by atoms with Crippen LogP contribution in [0.2, 0.25) is 0 Å². The van der Waals surface area contributed by atoms with E-state index in [0.717, 1.165) is 24.2 Å². The van der Waals surface area contributed by atoms with Crippen LogP contribution in [0, 0.1) is 0 Å². The van der Waals surface area contributed by atoms with Crippen molar-refractivity contribution < 1.29 is 4.79 Å². The number of hydrogen-bond acceptors (Lipinski definition) is 4. The lowest BCUT2D eigenvalue weighted by atomic mass is 10.2. The van der Waals surface area contributed by atoms with Crippen LogP contribution in [0.25, 0.3) is 0 Å². The number of nitrogens with zero attached hydrogens (tertiary/aromatic N) is 3. The van der Waals surface area contributed by atoms with Crippen LogP contribution in [-0.4, -0.2) is 26.7 Å². The summed E-state index contributed by atoms with van der Waals surface area (Å²) in [5.41, 5.74) is 1.85. The molecular formula is C15H19N5O. The molecule has 3 rings (SSSR count). The van der Waals surface area contributed by atoms with Gasteiger partial charge in [-0.1, -0.05) is 6.07 Å². The molecule has 2 aromatic heterocycles. The van der Waals surface area contributed by atoms with Crippen molar-refractivity contribution in [2.45, 2.75) is 38.4 Å². The molecule has 21 heavy (non-hydrogen) atoms. The van der Waals surface area contributed by atoms with E-state index in [4.69, 9.17) is 0 Å². The fraction of sp³-hybridized carbons (Fsp3) is 0.400. The highest BCUT2D eigenvalue weighted by Crippen LogP contribution is 2.19. The zero-order valence-corrected chi connectivity index (χ0v) is 12.0. The largest absolute Gasteiger partial charge is 0.374 e. The second-order valence-electron chi connectivity index (χ2n) is 5.39. The summed E-state index contributed by atoms with van der Waals surface area (Å²) in [7, 11) is 0. The van der Waals surface area contributed by atoms with Gasteiger partial charge in [-0.15, -0.1) is 0 Å². The summed E-state index contributed by atoms with van der Waals surface area (Å²) in [6.07, 6.45) is 7.54. The first kappa shape index (κ1) is 13.6. The first-order valence-corrected chi connectivity index (χ1v) is 7.20. The monoisotopic (exact) mass is 285 g/mol. The minimum absolute atomic E-state index is 0.0184. The predicted octanol–water partition coefficient (Wildman–Crippen LogP) is 1.73. The maximum atomic E-state index is 11.7. The highest BCUT2D eigenvalue weighted by molar-refractivity contribution is 5.76. The van der Waals surface area contributed by atoms with E-state index in [9.17, 15) is 4.79 Å². The third-order valence-corrected chi connectivity index (χ3v) is 3.40. The molecule has 0 aliphatic heterocycles. The molecule has 0 bridgehead atoms. The molecule has 6 heteroatoms. The zero-order chi connectivity index (χ0) is 14.7. The SMILES string of the molecule is CC(Nc1cnn(CC(=O)NC2CC2)c1)c1ccccn1. The van der Waals surface area contributed by atoms with Crippen molar-refractivity contribution in [3.63, 3.8) is 0 Å². The molecular weight excluding hydrogens is 266 g/mol. The molecule has 0 spiro atoms. The van der Waals surface area contributed by atoms with E-state index < -0.39 is 0 Å². The van der Waals surface area contributed by atoms with Crippen LogP contribution in [0.4, 0.5) is 5.69 Å². The summed E-state index contributed by atoms with van der Waals surface area (Å²) in [4.78, 5) is 16.0. The number of carbonyl (C=O) groups excluding carboxylic acids is 1. The van der Waals surface area contributed by atoms with E-state index in [-0.39, 0.29) is 18.5 Å². The second-order valence-corrected chi connectivity index (χ2v) is 5.39. The van der Waals surface area contributed by atoms with E-state index >= 15 is 0 Å². The summed E-state index contributed by atoms with van der Waals surface area (Å²) >= 11 is 0. The fourth-order valence-corrected chi connectivity index (χ4v) is 2.13. The van der Waals surface area contributed by atoms with Crippen molar-refractivity contribution in [1.29, 1.82) is 0 Å². The van der Waals surface area contributed by atoms with Crippen molar-refractivity contribution in [3.05, 3.63) is 42.5 Å². The van der Waals surface area contributed by atoms with Crippen molar-refractivity contribution in [3.8, 4) is 0 Å². The number of amides is 1. The normalized spacial score (nSPS) is 15.5. The molecule has 1 saturated carbocycles. The molecule has 1 aliphatic carbocycles. The lowest BCUT2D eigenvalue weighted by Crippen LogP contribution is -2.29. The van der Waals surface area contributed by atoms with Gasteiger partial charge in [-0.3, -0.25) is 14.5 Å². The molecule has 6 nitrogen and oxygen atoms in total. The third kappa shape index (κ3) is 3.81. The minimum Gasteiger partial charge on any atom is -0.374 e. The summed E-state index contributed by atoms with van der Waals surface area (Å²) in [6.45, 7) is 2.30. The summed E-state index contributed by atoms with van der Waals surface area (Å²) in [5, 5.41) is 10.5. The molecule has 0 aromatic carbocycles. The Morgan fingerprint density at radius 1 is 1.48 bits per heavy atom. The average molecular weight is 285 g/mol. The van der Waals surface area contributed by atoms with Crippen LogP contribution in [0.3, 0.4) is 0 Å². The van der Waals surface area contributed by atoms with Crippen LogP contribution in [-0.2, 0) is 11.3 Å². The summed E-state index contributed by atoms with van der Waals surface area (Å²) in [5.74, 6) is 0.0184. The molecule has 1 aliphatic rings. The fourth-order valence-electron chi connectivity index (χ4n) is 2.13. The van der Waals surface area contributed by atoms with Crippen LogP contribution in [0.15, 0.2) is 36.8 Å². The van der Waals surface area contributed by atoms with Gasteiger partial charge in [0.05, 0.1) is 23.6 Å². The number of nitrogens with one attached hydrogen (secondary N) is 2. The van der Waals surface area contributed by atoms with E-state index in [2.05, 4.69) is 20.7 Å². The van der Waals surface area contributed by atoms with Gasteiger partial charge in [0.15, 0.2) is 0 Å². The standard InChI is InChI=1S/C15H19N5O/c1-11(14-4-2-3-7-16-14)18-13-8-17-20(9-13)10-15(21)19-12-5-6-12/h2-4,7-9,11-12,18H,5-6,10H2,1H3,(H,19,21). The molecule has 2 N–H and O–H groups in total. The first-order valence-electron chi connectivity index (χ1n) is 7.20. The molecule has 110 valence electrons. The van der Waals surface area contributed by atoms with E-state index in [0.29, 0.717) is 6.04 Å². The number of carbonyl (C=O) groups is 1. The van der Waals surface area contributed by atoms with Gasteiger partial charge < -0.3 is 10.6 Å². The van der Waals surface area contributed by atoms with E-state index in [1.165, 1.54) is 0 Å². The third-order valence-electron chi connectivity index (χ3n) is 3.40. The lowest BCUT2D eigenvalue weighted by Gasteiger charge is -2.12. The predicted molar refractivity (Wildman–Crippen MR) is 79.7 cm³/mol. The topological polar surface area (TPSA) is 71.8 Å². The van der Waals surface area contributed by atoms with Gasteiger partial charge in [0.25, 0.3) is 0 Å². The van der Waals surface area contributed by atoms with Crippen LogP contribution in [0.5, 0.6) is 0 Å². The number of hydrogen-bond donors (Lipinski definition) is 2. The van der Waals surface area contributed by atoms with Gasteiger partial charge in [0.2, 0.25) is 5.91 Å². The Morgan fingerprint density at radius 3 is 3.05 bits per heavy atom. The van der Waals surface area contributed by atoms with Crippen molar-refractivity contribution >= 4 is 11.6 Å². The van der Waals surface area contributed by atoms with Gasteiger partial charge in [0, 0.05) is 18.4 Å². The molecule has 1 atom stereocenters. The zero-order valence-electron chi connectivity index (χ0n) is 12.0. The summed E-state index contributed by atoms with van der Waals surface area (Å²) in [6, 6.07) is 6.31. The van der Waals surface area contributed by atoms with Gasteiger partial charge in [-0.25, -0.2) is 0 Å². The first-order chi connectivity index (χ1) is 10.2. The van der Waals surface area contributed by atoms with Crippen LogP contribution in [0.1, 0.15) is 31.5 Å². The summed E-state index contributed by atoms with van der Waals surface area (Å²) < 4.78 is 1.64. The lowest BCUT2D eigenvalue weighted by molar-refractivity contribution is -0.122. The molecule has 0 radical (unpaired) electrons. The van der Waals surface area contributed by atoms with Crippen LogP contribution >= 0.6 is 0 Å². The van der Waals surface area contributed by atoms with Gasteiger partial charge in [-0.2, -0.15) is 5.10 Å². The number of pyridine rings is 1. The molecule has 2 aromatic rings. The second kappa shape index (κ2) is 5.95. The van der Waals surface area contributed by atoms with Gasteiger partial charge in [-0.05, 0) is 31.9 Å². The quantitative estimate of drug-likeness (QED) is 0.848. The van der Waals surface area contributed by atoms with Crippen molar-refractivity contribution in [1.82, 2.24) is 20.1 Å². The Balaban J connectivity index is 1.55. The maximum Gasteiger partial charge on any atom is 0.241 e. The Kier molecular flexibility index (Phi) is 3.85. The average Bonchev–Trinajstić information content (AvgIpc) is 3.19. The number of aromatic nitrogens is 3. The van der Waals surface area contributed by atoms with E-state index in [1.54, 1.807) is 17.1 Å². The molecule has 2 heterocycles. The van der Waals surface area contributed by atoms with Crippen LogP contribution < -0.4 is 10.6 Å².